The van der Waals surface area contributed by atoms with Gasteiger partial charge in [0.05, 0.1) is 16.6 Å². The topological polar surface area (TPSA) is 47.8 Å². The number of thioether (sulfide) groups is 1. The largest absolute Gasteiger partial charge is 0.268 e. The highest BCUT2D eigenvalue weighted by Gasteiger charge is 2.14. The fraction of sp³-hybridized carbons (Fsp3) is 0.136. The standard InChI is InChI=1S/C22H19N3OS/c1-15-9-10-18(12-16(15)2)25-21(26)19-7-3-4-8-20(19)24-22(25)27-14-17-6-5-11-23-13-17/h3-13H,14H2,1-2H3. The third-order valence-electron chi connectivity index (χ3n) is 4.58. The molecule has 2 aromatic carbocycles. The second kappa shape index (κ2) is 7.37. The van der Waals surface area contributed by atoms with E-state index in [0.29, 0.717) is 16.3 Å². The van der Waals surface area contributed by atoms with Gasteiger partial charge in [0.15, 0.2) is 5.16 Å². The Morgan fingerprint density at radius 2 is 1.85 bits per heavy atom. The van der Waals surface area contributed by atoms with Gasteiger partial charge in [-0.1, -0.05) is 36.0 Å². The smallest absolute Gasteiger partial charge is 0.266 e. The van der Waals surface area contributed by atoms with Gasteiger partial charge in [0.2, 0.25) is 0 Å². The van der Waals surface area contributed by atoms with Crippen LogP contribution in [0, 0.1) is 13.8 Å². The van der Waals surface area contributed by atoms with Gasteiger partial charge in [0, 0.05) is 18.1 Å². The molecule has 4 aromatic rings. The number of rotatable bonds is 4. The van der Waals surface area contributed by atoms with E-state index in [0.717, 1.165) is 22.3 Å². The molecule has 0 unspecified atom stereocenters. The van der Waals surface area contributed by atoms with Crippen molar-refractivity contribution < 1.29 is 0 Å². The van der Waals surface area contributed by atoms with Crippen molar-refractivity contribution in [1.29, 1.82) is 0 Å². The van der Waals surface area contributed by atoms with Crippen LogP contribution < -0.4 is 5.56 Å². The summed E-state index contributed by atoms with van der Waals surface area (Å²) in [7, 11) is 0. The number of nitrogens with zero attached hydrogens (tertiary/aromatic N) is 3. The molecular weight excluding hydrogens is 354 g/mol. The maximum absolute atomic E-state index is 13.3. The fourth-order valence-corrected chi connectivity index (χ4v) is 3.88. The van der Waals surface area contributed by atoms with Crippen molar-refractivity contribution in [3.8, 4) is 5.69 Å². The van der Waals surface area contributed by atoms with E-state index in [9.17, 15) is 4.79 Å². The van der Waals surface area contributed by atoms with Gasteiger partial charge in [0.25, 0.3) is 5.56 Å². The first-order valence-electron chi connectivity index (χ1n) is 8.74. The lowest BCUT2D eigenvalue weighted by Gasteiger charge is -2.14. The summed E-state index contributed by atoms with van der Waals surface area (Å²) >= 11 is 1.55. The monoisotopic (exact) mass is 373 g/mol. The van der Waals surface area contributed by atoms with E-state index in [2.05, 4.69) is 18.8 Å². The summed E-state index contributed by atoms with van der Waals surface area (Å²) in [5, 5.41) is 1.31. The molecule has 0 aliphatic carbocycles. The molecule has 0 N–H and O–H groups in total. The second-order valence-corrected chi connectivity index (χ2v) is 7.41. The third-order valence-corrected chi connectivity index (χ3v) is 5.59. The number of para-hydroxylation sites is 1. The molecule has 0 amide bonds. The van der Waals surface area contributed by atoms with Crippen LogP contribution >= 0.6 is 11.8 Å². The quantitative estimate of drug-likeness (QED) is 0.385. The first kappa shape index (κ1) is 17.5. The van der Waals surface area contributed by atoms with Gasteiger partial charge in [-0.2, -0.15) is 0 Å². The number of hydrogen-bond acceptors (Lipinski definition) is 4. The Morgan fingerprint density at radius 1 is 1.00 bits per heavy atom. The van der Waals surface area contributed by atoms with Crippen LogP contribution in [-0.4, -0.2) is 14.5 Å². The Bertz CT molecular complexity index is 1170. The molecule has 134 valence electrons. The van der Waals surface area contributed by atoms with E-state index in [1.165, 1.54) is 5.56 Å². The highest BCUT2D eigenvalue weighted by atomic mass is 32.2. The minimum absolute atomic E-state index is 0.0439. The Hall–Kier alpha value is -2.92. The van der Waals surface area contributed by atoms with E-state index >= 15 is 0 Å². The summed E-state index contributed by atoms with van der Waals surface area (Å²) in [5.41, 5.74) is 4.96. The van der Waals surface area contributed by atoms with Crippen molar-refractivity contribution in [3.63, 3.8) is 0 Å². The van der Waals surface area contributed by atoms with Gasteiger partial charge in [-0.05, 0) is 60.9 Å². The Balaban J connectivity index is 1.87. The molecule has 27 heavy (non-hydrogen) atoms. The van der Waals surface area contributed by atoms with Crippen molar-refractivity contribution in [2.24, 2.45) is 0 Å². The molecule has 0 atom stereocenters. The Labute approximate surface area is 161 Å². The SMILES string of the molecule is Cc1ccc(-n2c(SCc3cccnc3)nc3ccccc3c2=O)cc1C. The first-order valence-corrected chi connectivity index (χ1v) is 9.73. The van der Waals surface area contributed by atoms with Crippen LogP contribution in [0.2, 0.25) is 0 Å². The Kier molecular flexibility index (Phi) is 4.77. The van der Waals surface area contributed by atoms with Gasteiger partial charge in [-0.3, -0.25) is 14.3 Å². The van der Waals surface area contributed by atoms with Gasteiger partial charge in [-0.25, -0.2) is 4.98 Å². The number of fused-ring (bicyclic) bond motifs is 1. The summed E-state index contributed by atoms with van der Waals surface area (Å²) in [6, 6.07) is 17.5. The number of hydrogen-bond donors (Lipinski definition) is 0. The lowest BCUT2D eigenvalue weighted by atomic mass is 10.1. The van der Waals surface area contributed by atoms with Crippen LogP contribution in [0.3, 0.4) is 0 Å². The highest BCUT2D eigenvalue weighted by Crippen LogP contribution is 2.25. The van der Waals surface area contributed by atoms with Crippen molar-refractivity contribution >= 4 is 22.7 Å². The molecule has 0 spiro atoms. The number of pyridine rings is 1. The molecule has 4 nitrogen and oxygen atoms in total. The molecule has 0 radical (unpaired) electrons. The Morgan fingerprint density at radius 3 is 2.63 bits per heavy atom. The second-order valence-electron chi connectivity index (χ2n) is 6.47. The lowest BCUT2D eigenvalue weighted by molar-refractivity contribution is 0.818. The van der Waals surface area contributed by atoms with Crippen LogP contribution in [0.1, 0.15) is 16.7 Å². The number of aryl methyl sites for hydroxylation is 2. The molecule has 0 bridgehead atoms. The summed E-state index contributed by atoms with van der Waals surface area (Å²) in [5.74, 6) is 0.698. The van der Waals surface area contributed by atoms with Crippen LogP contribution in [0.5, 0.6) is 0 Å². The highest BCUT2D eigenvalue weighted by molar-refractivity contribution is 7.98. The molecule has 0 aliphatic rings. The summed E-state index contributed by atoms with van der Waals surface area (Å²) in [6.07, 6.45) is 3.60. The maximum Gasteiger partial charge on any atom is 0.266 e. The molecule has 0 fully saturated rings. The average molecular weight is 373 g/mol. The average Bonchev–Trinajstić information content (AvgIpc) is 2.70. The molecule has 0 aliphatic heterocycles. The van der Waals surface area contributed by atoms with E-state index < -0.39 is 0 Å². The summed E-state index contributed by atoms with van der Waals surface area (Å²) in [4.78, 5) is 22.2. The van der Waals surface area contributed by atoms with E-state index in [-0.39, 0.29) is 5.56 Å². The number of aromatic nitrogens is 3. The van der Waals surface area contributed by atoms with Crippen LogP contribution in [-0.2, 0) is 5.75 Å². The van der Waals surface area contributed by atoms with Gasteiger partial charge >= 0.3 is 0 Å². The summed E-state index contributed by atoms with van der Waals surface area (Å²) < 4.78 is 1.72. The molecule has 0 saturated carbocycles. The molecule has 2 aromatic heterocycles. The zero-order valence-electron chi connectivity index (χ0n) is 15.2. The zero-order chi connectivity index (χ0) is 18.8. The van der Waals surface area contributed by atoms with E-state index in [1.54, 1.807) is 22.5 Å². The minimum atomic E-state index is -0.0439. The molecule has 2 heterocycles. The fourth-order valence-electron chi connectivity index (χ4n) is 2.93. The van der Waals surface area contributed by atoms with E-state index in [4.69, 9.17) is 4.98 Å². The van der Waals surface area contributed by atoms with Gasteiger partial charge in [-0.15, -0.1) is 0 Å². The normalized spacial score (nSPS) is 11.0. The lowest BCUT2D eigenvalue weighted by Crippen LogP contribution is -2.22. The summed E-state index contributed by atoms with van der Waals surface area (Å²) in [6.45, 7) is 4.12. The van der Waals surface area contributed by atoms with Gasteiger partial charge < -0.3 is 0 Å². The predicted molar refractivity (Wildman–Crippen MR) is 111 cm³/mol. The van der Waals surface area contributed by atoms with Crippen LogP contribution in [0.4, 0.5) is 0 Å². The third kappa shape index (κ3) is 3.51. The van der Waals surface area contributed by atoms with Crippen molar-refractivity contribution in [1.82, 2.24) is 14.5 Å². The van der Waals surface area contributed by atoms with Crippen molar-refractivity contribution in [2.75, 3.05) is 0 Å². The molecule has 5 heteroatoms. The van der Waals surface area contributed by atoms with Crippen LogP contribution in [0.25, 0.3) is 16.6 Å². The number of benzene rings is 2. The van der Waals surface area contributed by atoms with E-state index in [1.807, 2.05) is 60.8 Å². The van der Waals surface area contributed by atoms with Crippen molar-refractivity contribution in [3.05, 3.63) is 94.0 Å². The maximum atomic E-state index is 13.3. The van der Waals surface area contributed by atoms with Crippen molar-refractivity contribution in [2.45, 2.75) is 24.8 Å². The first-order chi connectivity index (χ1) is 13.1. The molecule has 0 saturated heterocycles. The molecule has 4 rings (SSSR count). The minimum Gasteiger partial charge on any atom is -0.268 e. The van der Waals surface area contributed by atoms with Gasteiger partial charge in [0.1, 0.15) is 0 Å². The zero-order valence-corrected chi connectivity index (χ0v) is 16.0. The van der Waals surface area contributed by atoms with Crippen LogP contribution in [0.15, 0.2) is 76.9 Å². The molecular formula is C22H19N3OS. The predicted octanol–water partition coefficient (Wildman–Crippen LogP) is 4.69.